The fraction of sp³-hybridized carbons (Fsp3) is 0.333. The van der Waals surface area contributed by atoms with E-state index < -0.39 is 29.8 Å². The van der Waals surface area contributed by atoms with Crippen LogP contribution in [0.2, 0.25) is 0 Å². The van der Waals surface area contributed by atoms with Crippen molar-refractivity contribution in [2.75, 3.05) is 13.1 Å². The molecule has 0 aliphatic carbocycles. The number of rotatable bonds is 8. The molecule has 0 bridgehead atoms. The van der Waals surface area contributed by atoms with Crippen molar-refractivity contribution in [1.29, 1.82) is 0 Å². The molecule has 0 saturated carbocycles. The van der Waals surface area contributed by atoms with Crippen molar-refractivity contribution in [3.05, 3.63) is 65.1 Å². The van der Waals surface area contributed by atoms with Gasteiger partial charge < -0.3 is 24.5 Å². The summed E-state index contributed by atoms with van der Waals surface area (Å²) in [6, 6.07) is 13.2. The summed E-state index contributed by atoms with van der Waals surface area (Å²) in [4.78, 5) is 44.8. The van der Waals surface area contributed by atoms with Crippen LogP contribution >= 0.6 is 0 Å². The van der Waals surface area contributed by atoms with Gasteiger partial charge in [-0.2, -0.15) is 13.2 Å². The number of carbonyl (C=O) groups excluding carboxylic acids is 2. The van der Waals surface area contributed by atoms with Gasteiger partial charge >= 0.3 is 12.1 Å². The Balaban J connectivity index is 1.99. The van der Waals surface area contributed by atoms with Crippen molar-refractivity contribution in [3.8, 4) is 11.3 Å². The van der Waals surface area contributed by atoms with Gasteiger partial charge in [0.25, 0.3) is 17.7 Å². The standard InChI is InChI=1S/C27H28F3N5O4/c1-4-33(5-2)24(37)25(39-26(38)27(28,29)30)35-15-18(17-10-6-8-12-20(17)35)22-23(36)34(14-16(3)31)21-13-9-7-11-19(21)32-22/h6-13,15-16,25H,4-5,14,31H2,1-3H3. The molecule has 4 aromatic rings. The Hall–Kier alpha value is -4.19. The number of alkyl halides is 3. The Kier molecular flexibility index (Phi) is 7.77. The zero-order valence-corrected chi connectivity index (χ0v) is 21.6. The highest BCUT2D eigenvalue weighted by Crippen LogP contribution is 2.33. The molecule has 1 amide bonds. The number of nitrogens with two attached hydrogens (primary N) is 1. The number of hydrogen-bond acceptors (Lipinski definition) is 6. The van der Waals surface area contributed by atoms with E-state index in [0.717, 1.165) is 4.57 Å². The highest BCUT2D eigenvalue weighted by molar-refractivity contribution is 5.97. The second kappa shape index (κ2) is 10.9. The number of amides is 1. The second-order valence-corrected chi connectivity index (χ2v) is 9.08. The number of esters is 1. The molecule has 0 radical (unpaired) electrons. The first-order chi connectivity index (χ1) is 18.5. The molecule has 9 nitrogen and oxygen atoms in total. The molecule has 2 aromatic carbocycles. The zero-order valence-electron chi connectivity index (χ0n) is 21.6. The summed E-state index contributed by atoms with van der Waals surface area (Å²) in [6.45, 7) is 5.61. The van der Waals surface area contributed by atoms with Gasteiger partial charge in [-0.05, 0) is 39.0 Å². The molecule has 0 saturated heterocycles. The summed E-state index contributed by atoms with van der Waals surface area (Å²) in [5.41, 5.74) is 7.18. The van der Waals surface area contributed by atoms with Crippen molar-refractivity contribution >= 4 is 33.8 Å². The summed E-state index contributed by atoms with van der Waals surface area (Å²) in [5, 5.41) is 0.435. The lowest BCUT2D eigenvalue weighted by Crippen LogP contribution is -2.41. The van der Waals surface area contributed by atoms with E-state index in [-0.39, 0.29) is 42.5 Å². The maximum atomic E-state index is 13.7. The number of nitrogens with zero attached hydrogens (tertiary/aromatic N) is 4. The second-order valence-electron chi connectivity index (χ2n) is 9.08. The van der Waals surface area contributed by atoms with Crippen LogP contribution in [0.3, 0.4) is 0 Å². The predicted molar refractivity (Wildman–Crippen MR) is 140 cm³/mol. The summed E-state index contributed by atoms with van der Waals surface area (Å²) >= 11 is 0. The maximum Gasteiger partial charge on any atom is 0.491 e. The molecular formula is C27H28F3N5O4. The third-order valence-corrected chi connectivity index (χ3v) is 6.31. The number of carbonyl (C=O) groups is 2. The van der Waals surface area contributed by atoms with Crippen molar-refractivity contribution in [1.82, 2.24) is 19.0 Å². The van der Waals surface area contributed by atoms with Crippen LogP contribution in [-0.2, 0) is 20.9 Å². The van der Waals surface area contributed by atoms with Gasteiger partial charge in [-0.1, -0.05) is 30.3 Å². The SMILES string of the molecule is CCN(CC)C(=O)C(OC(=O)C(F)(F)F)n1cc(-c2nc3ccccc3n(CC(C)N)c2=O)c2ccccc21. The Morgan fingerprint density at radius 2 is 1.67 bits per heavy atom. The lowest BCUT2D eigenvalue weighted by atomic mass is 10.1. The molecule has 2 N–H and O–H groups in total. The minimum Gasteiger partial charge on any atom is -0.425 e. The van der Waals surface area contributed by atoms with E-state index in [9.17, 15) is 27.6 Å². The summed E-state index contributed by atoms with van der Waals surface area (Å²) in [7, 11) is 0. The fourth-order valence-electron chi connectivity index (χ4n) is 4.51. The molecule has 2 atom stereocenters. The van der Waals surface area contributed by atoms with Gasteiger partial charge in [0.15, 0.2) is 0 Å². The monoisotopic (exact) mass is 543 g/mol. The van der Waals surface area contributed by atoms with Crippen LogP contribution in [0.4, 0.5) is 13.2 Å². The molecule has 206 valence electrons. The average Bonchev–Trinajstić information content (AvgIpc) is 3.27. The minimum atomic E-state index is -5.32. The molecule has 12 heteroatoms. The van der Waals surface area contributed by atoms with Gasteiger partial charge in [0.2, 0.25) is 0 Å². The third-order valence-electron chi connectivity index (χ3n) is 6.31. The Labute approximate surface area is 221 Å². The Bertz CT molecular complexity index is 1590. The van der Waals surface area contributed by atoms with E-state index in [0.29, 0.717) is 16.4 Å². The maximum absolute atomic E-state index is 13.7. The van der Waals surface area contributed by atoms with Gasteiger partial charge in [-0.15, -0.1) is 0 Å². The highest BCUT2D eigenvalue weighted by atomic mass is 19.4. The first-order valence-electron chi connectivity index (χ1n) is 12.4. The summed E-state index contributed by atoms with van der Waals surface area (Å²) < 4.78 is 47.0. The molecular weight excluding hydrogens is 515 g/mol. The number of fused-ring (bicyclic) bond motifs is 2. The average molecular weight is 544 g/mol. The molecule has 0 aliphatic rings. The van der Waals surface area contributed by atoms with E-state index in [1.807, 2.05) is 0 Å². The molecule has 0 spiro atoms. The third kappa shape index (κ3) is 5.37. The first-order valence-corrected chi connectivity index (χ1v) is 12.4. The van der Waals surface area contributed by atoms with Gasteiger partial charge in [-0.3, -0.25) is 9.59 Å². The molecule has 4 rings (SSSR count). The molecule has 2 aromatic heterocycles. The first kappa shape index (κ1) is 27.8. The van der Waals surface area contributed by atoms with E-state index >= 15 is 0 Å². The number of benzene rings is 2. The largest absolute Gasteiger partial charge is 0.491 e. The van der Waals surface area contributed by atoms with Crippen LogP contribution in [-0.4, -0.2) is 56.2 Å². The van der Waals surface area contributed by atoms with Crippen LogP contribution in [0.1, 0.15) is 27.0 Å². The van der Waals surface area contributed by atoms with Crippen molar-refractivity contribution < 1.29 is 27.5 Å². The van der Waals surface area contributed by atoms with Crippen molar-refractivity contribution in [2.45, 2.75) is 45.8 Å². The number of aromatic nitrogens is 3. The van der Waals surface area contributed by atoms with Crippen LogP contribution in [0.5, 0.6) is 0 Å². The summed E-state index contributed by atoms with van der Waals surface area (Å²) in [6.07, 6.45) is -5.96. The highest BCUT2D eigenvalue weighted by Gasteiger charge is 2.44. The Morgan fingerprint density at radius 1 is 1.05 bits per heavy atom. The molecule has 0 fully saturated rings. The molecule has 39 heavy (non-hydrogen) atoms. The minimum absolute atomic E-state index is 0.0143. The van der Waals surface area contributed by atoms with E-state index in [1.165, 1.54) is 15.7 Å². The van der Waals surface area contributed by atoms with Crippen molar-refractivity contribution in [2.24, 2.45) is 5.73 Å². The van der Waals surface area contributed by atoms with Gasteiger partial charge in [0, 0.05) is 42.8 Å². The number of likely N-dealkylation sites (N-methyl/N-ethyl adjacent to an activating group) is 1. The molecule has 0 aliphatic heterocycles. The smallest absolute Gasteiger partial charge is 0.425 e. The van der Waals surface area contributed by atoms with Gasteiger partial charge in [0.05, 0.1) is 16.6 Å². The summed E-state index contributed by atoms with van der Waals surface area (Å²) in [5.74, 6) is -3.35. The number of para-hydroxylation sites is 3. The predicted octanol–water partition coefficient (Wildman–Crippen LogP) is 3.84. The fourth-order valence-corrected chi connectivity index (χ4v) is 4.51. The lowest BCUT2D eigenvalue weighted by Gasteiger charge is -2.26. The topological polar surface area (TPSA) is 112 Å². The van der Waals surface area contributed by atoms with Crippen LogP contribution in [0, 0.1) is 0 Å². The molecule has 2 unspecified atom stereocenters. The van der Waals surface area contributed by atoms with E-state index in [2.05, 4.69) is 4.98 Å². The molecule has 2 heterocycles. The number of halogens is 3. The zero-order chi connectivity index (χ0) is 28.5. The Morgan fingerprint density at radius 3 is 2.28 bits per heavy atom. The van der Waals surface area contributed by atoms with Crippen LogP contribution < -0.4 is 11.3 Å². The van der Waals surface area contributed by atoms with Crippen LogP contribution in [0.15, 0.2) is 59.5 Å². The van der Waals surface area contributed by atoms with Crippen molar-refractivity contribution in [3.63, 3.8) is 0 Å². The van der Waals surface area contributed by atoms with Crippen LogP contribution in [0.25, 0.3) is 33.2 Å². The number of ether oxygens (including phenoxy) is 1. The normalized spacial score (nSPS) is 13.4. The number of hydrogen-bond donors (Lipinski definition) is 1. The van der Waals surface area contributed by atoms with Gasteiger partial charge in [0.1, 0.15) is 5.69 Å². The van der Waals surface area contributed by atoms with E-state index in [4.69, 9.17) is 10.5 Å². The van der Waals surface area contributed by atoms with E-state index in [1.54, 1.807) is 69.3 Å². The van der Waals surface area contributed by atoms with Gasteiger partial charge in [-0.25, -0.2) is 9.78 Å². The lowest BCUT2D eigenvalue weighted by molar-refractivity contribution is -0.210. The quantitative estimate of drug-likeness (QED) is 0.338.